The van der Waals surface area contributed by atoms with Crippen molar-refractivity contribution in [3.05, 3.63) is 28.8 Å². The summed E-state index contributed by atoms with van der Waals surface area (Å²) in [6.07, 6.45) is 0.462. The van der Waals surface area contributed by atoms with E-state index in [-0.39, 0.29) is 5.91 Å². The molecule has 0 N–H and O–H groups in total. The lowest BCUT2D eigenvalue weighted by molar-refractivity contribution is -0.117. The standard InChI is InChI=1S/C10H9Cl2NO/c11-3-4-13-9-6-8(12)2-1-7(9)5-10(13)14/h1-2,6H,3-5H2. The van der Waals surface area contributed by atoms with Gasteiger partial charge in [0.15, 0.2) is 0 Å². The minimum Gasteiger partial charge on any atom is -0.311 e. The molecule has 1 amide bonds. The van der Waals surface area contributed by atoms with Crippen molar-refractivity contribution in [2.24, 2.45) is 0 Å². The van der Waals surface area contributed by atoms with Crippen molar-refractivity contribution in [2.75, 3.05) is 17.3 Å². The number of benzene rings is 1. The highest BCUT2D eigenvalue weighted by atomic mass is 35.5. The molecule has 0 radical (unpaired) electrons. The van der Waals surface area contributed by atoms with Crippen LogP contribution < -0.4 is 4.90 Å². The van der Waals surface area contributed by atoms with Crippen LogP contribution in [-0.2, 0) is 11.2 Å². The topological polar surface area (TPSA) is 20.3 Å². The minimum absolute atomic E-state index is 0.0999. The van der Waals surface area contributed by atoms with Crippen LogP contribution in [0, 0.1) is 0 Å². The van der Waals surface area contributed by atoms with Crippen LogP contribution in [0.4, 0.5) is 5.69 Å². The second-order valence-corrected chi connectivity index (χ2v) is 4.00. The second kappa shape index (κ2) is 3.79. The predicted molar refractivity (Wildman–Crippen MR) is 58.2 cm³/mol. The van der Waals surface area contributed by atoms with Crippen LogP contribution in [0.1, 0.15) is 5.56 Å². The van der Waals surface area contributed by atoms with Crippen molar-refractivity contribution >= 4 is 34.8 Å². The van der Waals surface area contributed by atoms with Gasteiger partial charge in [0.05, 0.1) is 6.42 Å². The lowest BCUT2D eigenvalue weighted by atomic mass is 10.2. The predicted octanol–water partition coefficient (Wildman–Crippen LogP) is 2.47. The fourth-order valence-electron chi connectivity index (χ4n) is 1.66. The highest BCUT2D eigenvalue weighted by Crippen LogP contribution is 2.31. The average molecular weight is 230 g/mol. The van der Waals surface area contributed by atoms with Gasteiger partial charge in [0.25, 0.3) is 0 Å². The monoisotopic (exact) mass is 229 g/mol. The van der Waals surface area contributed by atoms with E-state index < -0.39 is 0 Å². The van der Waals surface area contributed by atoms with Crippen LogP contribution in [0.25, 0.3) is 0 Å². The van der Waals surface area contributed by atoms with Gasteiger partial charge in [-0.25, -0.2) is 0 Å². The SMILES string of the molecule is O=C1Cc2ccc(Cl)cc2N1CCCl. The lowest BCUT2D eigenvalue weighted by Gasteiger charge is -2.15. The van der Waals surface area contributed by atoms with E-state index in [1.54, 1.807) is 11.0 Å². The number of amides is 1. The quantitative estimate of drug-likeness (QED) is 0.714. The first-order chi connectivity index (χ1) is 6.72. The Morgan fingerprint density at radius 1 is 1.43 bits per heavy atom. The highest BCUT2D eigenvalue weighted by Gasteiger charge is 2.26. The molecule has 0 spiro atoms. The summed E-state index contributed by atoms with van der Waals surface area (Å²) in [4.78, 5) is 13.2. The molecule has 0 aliphatic carbocycles. The molecular formula is C10H9Cl2NO. The fraction of sp³-hybridized carbons (Fsp3) is 0.300. The van der Waals surface area contributed by atoms with Crippen molar-refractivity contribution in [1.29, 1.82) is 0 Å². The molecule has 14 heavy (non-hydrogen) atoms. The molecule has 0 saturated carbocycles. The zero-order valence-electron chi connectivity index (χ0n) is 7.46. The Labute approximate surface area is 92.4 Å². The third kappa shape index (κ3) is 1.60. The van der Waals surface area contributed by atoms with Crippen molar-refractivity contribution in [2.45, 2.75) is 6.42 Å². The zero-order valence-corrected chi connectivity index (χ0v) is 8.98. The van der Waals surface area contributed by atoms with Gasteiger partial charge in [-0.05, 0) is 17.7 Å². The number of hydrogen-bond acceptors (Lipinski definition) is 1. The number of anilines is 1. The summed E-state index contributed by atoms with van der Waals surface area (Å²) in [5, 5.41) is 0.651. The number of nitrogens with zero attached hydrogens (tertiary/aromatic N) is 1. The van der Waals surface area contributed by atoms with E-state index in [4.69, 9.17) is 23.2 Å². The molecule has 2 nitrogen and oxygen atoms in total. The van der Waals surface area contributed by atoms with Crippen LogP contribution in [0.15, 0.2) is 18.2 Å². The summed E-state index contributed by atoms with van der Waals surface area (Å²) < 4.78 is 0. The molecule has 0 atom stereocenters. The van der Waals surface area contributed by atoms with E-state index in [9.17, 15) is 4.79 Å². The summed E-state index contributed by atoms with van der Waals surface area (Å²) in [7, 11) is 0. The van der Waals surface area contributed by atoms with Gasteiger partial charge in [-0.3, -0.25) is 4.79 Å². The molecule has 1 aliphatic rings. The average Bonchev–Trinajstić information content (AvgIpc) is 2.45. The van der Waals surface area contributed by atoms with Crippen LogP contribution >= 0.6 is 23.2 Å². The van der Waals surface area contributed by atoms with Gasteiger partial charge in [-0.2, -0.15) is 0 Å². The molecule has 0 fully saturated rings. The Kier molecular flexibility index (Phi) is 2.66. The Morgan fingerprint density at radius 3 is 2.93 bits per heavy atom. The van der Waals surface area contributed by atoms with Crippen LogP contribution in [0.3, 0.4) is 0 Å². The summed E-state index contributed by atoms with van der Waals surface area (Å²) >= 11 is 11.5. The Balaban J connectivity index is 2.39. The van der Waals surface area contributed by atoms with Gasteiger partial charge in [0.2, 0.25) is 5.91 Å². The normalized spacial score (nSPS) is 14.7. The molecule has 1 heterocycles. The molecule has 0 saturated heterocycles. The summed E-state index contributed by atoms with van der Waals surface area (Å²) in [6, 6.07) is 5.51. The van der Waals surface area contributed by atoms with Gasteiger partial charge in [-0.1, -0.05) is 17.7 Å². The van der Waals surface area contributed by atoms with Crippen molar-refractivity contribution in [1.82, 2.24) is 0 Å². The summed E-state index contributed by atoms with van der Waals surface area (Å²) in [5.41, 5.74) is 1.94. The van der Waals surface area contributed by atoms with Gasteiger partial charge in [-0.15, -0.1) is 11.6 Å². The van der Waals surface area contributed by atoms with Gasteiger partial charge in [0.1, 0.15) is 0 Å². The largest absolute Gasteiger partial charge is 0.311 e. The molecule has 0 aromatic heterocycles. The molecule has 2 rings (SSSR count). The number of carbonyl (C=O) groups is 1. The first-order valence-corrected chi connectivity index (χ1v) is 5.28. The second-order valence-electron chi connectivity index (χ2n) is 3.18. The van der Waals surface area contributed by atoms with Gasteiger partial charge < -0.3 is 4.90 Å². The lowest BCUT2D eigenvalue weighted by Crippen LogP contribution is -2.28. The van der Waals surface area contributed by atoms with Gasteiger partial charge in [0, 0.05) is 23.1 Å². The molecule has 74 valence electrons. The number of carbonyl (C=O) groups excluding carboxylic acids is 1. The number of rotatable bonds is 2. The molecule has 1 aliphatic heterocycles. The third-order valence-corrected chi connectivity index (χ3v) is 2.69. The minimum atomic E-state index is 0.0999. The van der Waals surface area contributed by atoms with E-state index in [0.29, 0.717) is 23.9 Å². The fourth-order valence-corrected chi connectivity index (χ4v) is 2.00. The van der Waals surface area contributed by atoms with Crippen molar-refractivity contribution in [3.8, 4) is 0 Å². The van der Waals surface area contributed by atoms with Crippen LogP contribution in [0.2, 0.25) is 5.02 Å². The van der Waals surface area contributed by atoms with Gasteiger partial charge >= 0.3 is 0 Å². The smallest absolute Gasteiger partial charge is 0.231 e. The maximum Gasteiger partial charge on any atom is 0.231 e. The number of alkyl halides is 1. The van der Waals surface area contributed by atoms with E-state index in [1.807, 2.05) is 12.1 Å². The number of fused-ring (bicyclic) bond motifs is 1. The first kappa shape index (κ1) is 9.81. The van der Waals surface area contributed by atoms with E-state index in [0.717, 1.165) is 11.3 Å². The summed E-state index contributed by atoms with van der Waals surface area (Å²) in [6.45, 7) is 0.549. The van der Waals surface area contributed by atoms with Crippen LogP contribution in [-0.4, -0.2) is 18.3 Å². The zero-order chi connectivity index (χ0) is 10.1. The molecule has 1 aromatic rings. The van der Waals surface area contributed by atoms with E-state index in [1.165, 1.54) is 0 Å². The molecule has 4 heteroatoms. The Hall–Kier alpha value is -0.730. The number of hydrogen-bond donors (Lipinski definition) is 0. The third-order valence-electron chi connectivity index (χ3n) is 2.29. The van der Waals surface area contributed by atoms with Crippen LogP contribution in [0.5, 0.6) is 0 Å². The first-order valence-electron chi connectivity index (χ1n) is 4.37. The molecular weight excluding hydrogens is 221 g/mol. The molecule has 1 aromatic carbocycles. The highest BCUT2D eigenvalue weighted by molar-refractivity contribution is 6.31. The Morgan fingerprint density at radius 2 is 2.21 bits per heavy atom. The maximum absolute atomic E-state index is 11.6. The van der Waals surface area contributed by atoms with E-state index in [2.05, 4.69) is 0 Å². The van der Waals surface area contributed by atoms with Crippen molar-refractivity contribution in [3.63, 3.8) is 0 Å². The molecule has 0 unspecified atom stereocenters. The Bertz CT molecular complexity index is 378. The number of halogens is 2. The van der Waals surface area contributed by atoms with E-state index >= 15 is 0 Å². The van der Waals surface area contributed by atoms with Crippen molar-refractivity contribution < 1.29 is 4.79 Å². The molecule has 0 bridgehead atoms. The summed E-state index contributed by atoms with van der Waals surface area (Å²) in [5.74, 6) is 0.542. The maximum atomic E-state index is 11.6.